The molecule has 0 fully saturated rings. The average molecular weight is 398 g/mol. The zero-order valence-corrected chi connectivity index (χ0v) is 16.5. The fourth-order valence-corrected chi connectivity index (χ4v) is 4.18. The maximum Gasteiger partial charge on any atom is 0.325 e. The van der Waals surface area contributed by atoms with Crippen LogP contribution in [0.5, 0.6) is 11.5 Å². The predicted octanol–water partition coefficient (Wildman–Crippen LogP) is 2.96. The number of nitrogens with zero attached hydrogens (tertiary/aromatic N) is 2. The molecule has 144 valence electrons. The van der Waals surface area contributed by atoms with Gasteiger partial charge in [0.05, 0.1) is 17.3 Å². The van der Waals surface area contributed by atoms with Gasteiger partial charge in [0.15, 0.2) is 16.3 Å². The first-order valence-electron chi connectivity index (χ1n) is 8.62. The Kier molecular flexibility index (Phi) is 4.64. The second kappa shape index (κ2) is 7.12. The van der Waals surface area contributed by atoms with Gasteiger partial charge in [-0.3, -0.25) is 9.59 Å². The molecule has 8 heteroatoms. The highest BCUT2D eigenvalue weighted by atomic mass is 32.1. The number of aryl methyl sites for hydroxylation is 2. The van der Waals surface area contributed by atoms with Crippen molar-refractivity contribution in [2.24, 2.45) is 4.99 Å². The van der Waals surface area contributed by atoms with Crippen LogP contribution in [0.15, 0.2) is 35.3 Å². The summed E-state index contributed by atoms with van der Waals surface area (Å²) in [5.41, 5.74) is 3.21. The van der Waals surface area contributed by atoms with Gasteiger partial charge in [0.1, 0.15) is 6.54 Å². The van der Waals surface area contributed by atoms with E-state index >= 15 is 0 Å². The molecule has 0 saturated carbocycles. The van der Waals surface area contributed by atoms with Crippen LogP contribution in [0.2, 0.25) is 0 Å². The topological polar surface area (TPSA) is 79.1 Å². The lowest BCUT2D eigenvalue weighted by Crippen LogP contribution is -2.22. The molecule has 0 radical (unpaired) electrons. The number of thiazole rings is 1. The average Bonchev–Trinajstić information content (AvgIpc) is 3.23. The molecule has 2 heterocycles. The van der Waals surface area contributed by atoms with E-state index in [0.717, 1.165) is 21.3 Å². The summed E-state index contributed by atoms with van der Waals surface area (Å²) in [4.78, 5) is 29.4. The molecule has 0 spiro atoms. The molecule has 1 aliphatic heterocycles. The molecular weight excluding hydrogens is 380 g/mol. The minimum absolute atomic E-state index is 0.0604. The van der Waals surface area contributed by atoms with Crippen LogP contribution >= 0.6 is 11.3 Å². The summed E-state index contributed by atoms with van der Waals surface area (Å²) in [6.07, 6.45) is 0. The number of aromatic nitrogens is 1. The van der Waals surface area contributed by atoms with Crippen molar-refractivity contribution >= 4 is 33.4 Å². The molecule has 4 rings (SSSR count). The van der Waals surface area contributed by atoms with E-state index in [1.165, 1.54) is 18.4 Å². The molecule has 0 unspecified atom stereocenters. The molecule has 7 nitrogen and oxygen atoms in total. The molecule has 0 aliphatic carbocycles. The lowest BCUT2D eigenvalue weighted by Gasteiger charge is -2.05. The monoisotopic (exact) mass is 398 g/mol. The van der Waals surface area contributed by atoms with Crippen LogP contribution in [0, 0.1) is 13.8 Å². The molecule has 0 saturated heterocycles. The van der Waals surface area contributed by atoms with E-state index in [9.17, 15) is 9.59 Å². The minimum Gasteiger partial charge on any atom is -0.468 e. The van der Waals surface area contributed by atoms with Gasteiger partial charge in [-0.25, -0.2) is 0 Å². The number of benzene rings is 2. The molecule has 1 aliphatic rings. The lowest BCUT2D eigenvalue weighted by molar-refractivity contribution is -0.141. The highest BCUT2D eigenvalue weighted by Gasteiger charge is 2.19. The third-order valence-electron chi connectivity index (χ3n) is 4.36. The Balaban J connectivity index is 1.87. The number of hydrogen-bond donors (Lipinski definition) is 0. The van der Waals surface area contributed by atoms with Gasteiger partial charge in [0, 0.05) is 17.7 Å². The first-order valence-corrected chi connectivity index (χ1v) is 9.43. The number of hydrogen-bond acceptors (Lipinski definition) is 6. The van der Waals surface area contributed by atoms with Crippen molar-refractivity contribution in [1.82, 2.24) is 4.57 Å². The van der Waals surface area contributed by atoms with Crippen molar-refractivity contribution in [1.29, 1.82) is 0 Å². The largest absolute Gasteiger partial charge is 0.468 e. The van der Waals surface area contributed by atoms with Crippen molar-refractivity contribution in [2.75, 3.05) is 13.9 Å². The Bertz CT molecular complexity index is 1160. The van der Waals surface area contributed by atoms with E-state index < -0.39 is 5.97 Å². The molecule has 0 bridgehead atoms. The highest BCUT2D eigenvalue weighted by molar-refractivity contribution is 7.16. The number of methoxy groups -OCH3 is 1. The summed E-state index contributed by atoms with van der Waals surface area (Å²) in [6, 6.07) is 9.21. The van der Waals surface area contributed by atoms with Crippen molar-refractivity contribution < 1.29 is 23.8 Å². The smallest absolute Gasteiger partial charge is 0.325 e. The Morgan fingerprint density at radius 3 is 2.46 bits per heavy atom. The van der Waals surface area contributed by atoms with E-state index in [4.69, 9.17) is 14.2 Å². The molecule has 1 aromatic heterocycles. The SMILES string of the molecule is COC(=O)Cn1c(=NC(=O)c2cc(C)cc(C)c2)sc2cc3c(cc21)OCO3. The summed E-state index contributed by atoms with van der Waals surface area (Å²) in [5.74, 6) is 0.428. The molecular formula is C20H18N2O5S. The van der Waals surface area contributed by atoms with Gasteiger partial charge < -0.3 is 18.8 Å². The summed E-state index contributed by atoms with van der Waals surface area (Å²) in [7, 11) is 1.32. The maximum atomic E-state index is 12.8. The summed E-state index contributed by atoms with van der Waals surface area (Å²) in [5, 5.41) is 0. The normalized spacial score (nSPS) is 13.2. The molecule has 28 heavy (non-hydrogen) atoms. The van der Waals surface area contributed by atoms with Crippen molar-refractivity contribution in [2.45, 2.75) is 20.4 Å². The number of esters is 1. The first-order chi connectivity index (χ1) is 13.4. The Labute approximate surface area is 164 Å². The number of carbonyl (C=O) groups excluding carboxylic acids is 2. The van der Waals surface area contributed by atoms with Gasteiger partial charge in [0.25, 0.3) is 5.91 Å². The summed E-state index contributed by atoms with van der Waals surface area (Å²) in [6.45, 7) is 3.96. The molecule has 1 amide bonds. The number of rotatable bonds is 3. The fraction of sp³-hybridized carbons (Fsp3) is 0.250. The Morgan fingerprint density at radius 2 is 1.79 bits per heavy atom. The molecule has 0 atom stereocenters. The van der Waals surface area contributed by atoms with Gasteiger partial charge in [-0.15, -0.1) is 0 Å². The van der Waals surface area contributed by atoms with E-state index in [-0.39, 0.29) is 19.2 Å². The van der Waals surface area contributed by atoms with Gasteiger partial charge >= 0.3 is 5.97 Å². The fourth-order valence-electron chi connectivity index (χ4n) is 3.14. The Morgan fingerprint density at radius 1 is 1.11 bits per heavy atom. The van der Waals surface area contributed by atoms with Crippen LogP contribution in [0.3, 0.4) is 0 Å². The van der Waals surface area contributed by atoms with E-state index in [0.29, 0.717) is 21.9 Å². The molecule has 3 aromatic rings. The van der Waals surface area contributed by atoms with Crippen molar-refractivity contribution in [3.8, 4) is 11.5 Å². The minimum atomic E-state index is -0.433. The molecule has 2 aromatic carbocycles. The van der Waals surface area contributed by atoms with Gasteiger partial charge in [-0.05, 0) is 26.0 Å². The quantitative estimate of drug-likeness (QED) is 0.634. The third-order valence-corrected chi connectivity index (χ3v) is 5.40. The van der Waals surface area contributed by atoms with E-state index in [1.54, 1.807) is 22.8 Å². The van der Waals surface area contributed by atoms with E-state index in [1.807, 2.05) is 26.0 Å². The van der Waals surface area contributed by atoms with Gasteiger partial charge in [-0.2, -0.15) is 4.99 Å². The first kappa shape index (κ1) is 18.2. The zero-order valence-electron chi connectivity index (χ0n) is 15.6. The number of fused-ring (bicyclic) bond motifs is 2. The van der Waals surface area contributed by atoms with Crippen LogP contribution in [0.1, 0.15) is 21.5 Å². The zero-order chi connectivity index (χ0) is 19.8. The Hall–Kier alpha value is -3.13. The third kappa shape index (κ3) is 3.38. The summed E-state index contributed by atoms with van der Waals surface area (Å²) >= 11 is 1.31. The highest BCUT2D eigenvalue weighted by Crippen LogP contribution is 2.37. The molecule has 0 N–H and O–H groups in total. The second-order valence-corrected chi connectivity index (χ2v) is 7.52. The lowest BCUT2D eigenvalue weighted by atomic mass is 10.1. The van der Waals surface area contributed by atoms with Crippen LogP contribution in [-0.2, 0) is 16.1 Å². The number of ether oxygens (including phenoxy) is 3. The van der Waals surface area contributed by atoms with Crippen LogP contribution in [0.4, 0.5) is 0 Å². The van der Waals surface area contributed by atoms with Crippen molar-refractivity contribution in [3.63, 3.8) is 0 Å². The number of carbonyl (C=O) groups is 2. The van der Waals surface area contributed by atoms with Crippen LogP contribution < -0.4 is 14.3 Å². The maximum absolute atomic E-state index is 12.8. The van der Waals surface area contributed by atoms with Crippen LogP contribution in [-0.4, -0.2) is 30.3 Å². The predicted molar refractivity (Wildman–Crippen MR) is 104 cm³/mol. The van der Waals surface area contributed by atoms with Crippen molar-refractivity contribution in [3.05, 3.63) is 51.8 Å². The second-order valence-electron chi connectivity index (χ2n) is 6.51. The van der Waals surface area contributed by atoms with E-state index in [2.05, 4.69) is 4.99 Å². The standard InChI is InChI=1S/C20H18N2O5S/c1-11-4-12(2)6-13(5-11)19(24)21-20-22(9-18(23)25-3)14-7-15-16(27-10-26-15)8-17(14)28-20/h4-8H,9-10H2,1-3H3. The number of amides is 1. The van der Waals surface area contributed by atoms with Crippen LogP contribution in [0.25, 0.3) is 10.2 Å². The van der Waals surface area contributed by atoms with Gasteiger partial charge in [0.2, 0.25) is 6.79 Å². The van der Waals surface area contributed by atoms with Gasteiger partial charge in [-0.1, -0.05) is 28.5 Å². The summed E-state index contributed by atoms with van der Waals surface area (Å²) < 4.78 is 18.2.